The maximum Gasteiger partial charge on any atom is 0.178 e. The van der Waals surface area contributed by atoms with Gasteiger partial charge in [0.2, 0.25) is 0 Å². The maximum atomic E-state index is 9.85. The number of pyridine rings is 1. The van der Waals surface area contributed by atoms with E-state index in [1.807, 2.05) is 30.6 Å². The van der Waals surface area contributed by atoms with Crippen LogP contribution in [0, 0.1) is 11.8 Å². The fourth-order valence-corrected chi connectivity index (χ4v) is 3.96. The molecule has 126 valence electrons. The molecule has 2 N–H and O–H groups in total. The summed E-state index contributed by atoms with van der Waals surface area (Å²) in [5.41, 5.74) is 1.86. The standard InChI is InChI=1S/C18H22N4O2/c23-16-5-13-10-22(11-14(13)6-17(16)24)9-12-7-20-18(21-8-12)15-3-1-2-4-19-15/h1-4,7-8,13-14,16-17,23-24H,5-6,9-11H2/t13-,14+,16-,17-/m0/s1. The van der Waals surface area contributed by atoms with Gasteiger partial charge in [-0.25, -0.2) is 9.97 Å². The van der Waals surface area contributed by atoms with E-state index in [0.29, 0.717) is 30.5 Å². The average molecular weight is 326 g/mol. The van der Waals surface area contributed by atoms with E-state index in [2.05, 4.69) is 19.9 Å². The first-order chi connectivity index (χ1) is 11.7. The minimum absolute atomic E-state index is 0.483. The highest BCUT2D eigenvalue weighted by Crippen LogP contribution is 2.36. The molecule has 2 aromatic heterocycles. The number of aromatic nitrogens is 3. The van der Waals surface area contributed by atoms with Gasteiger partial charge < -0.3 is 10.2 Å². The number of aliphatic hydroxyl groups is 2. The van der Waals surface area contributed by atoms with Crippen LogP contribution in [0.25, 0.3) is 11.5 Å². The first-order valence-electron chi connectivity index (χ1n) is 8.50. The first kappa shape index (κ1) is 15.6. The van der Waals surface area contributed by atoms with Crippen molar-refractivity contribution in [1.29, 1.82) is 0 Å². The van der Waals surface area contributed by atoms with Crippen LogP contribution in [0.4, 0.5) is 0 Å². The largest absolute Gasteiger partial charge is 0.390 e. The van der Waals surface area contributed by atoms with Gasteiger partial charge in [0.25, 0.3) is 0 Å². The van der Waals surface area contributed by atoms with Gasteiger partial charge >= 0.3 is 0 Å². The zero-order valence-corrected chi connectivity index (χ0v) is 13.5. The summed E-state index contributed by atoms with van der Waals surface area (Å²) in [6, 6.07) is 5.70. The Morgan fingerprint density at radius 3 is 2.21 bits per heavy atom. The Morgan fingerprint density at radius 2 is 1.62 bits per heavy atom. The van der Waals surface area contributed by atoms with Gasteiger partial charge in [0.1, 0.15) is 5.69 Å². The molecule has 0 radical (unpaired) electrons. The minimum Gasteiger partial charge on any atom is -0.390 e. The van der Waals surface area contributed by atoms with Crippen LogP contribution in [-0.4, -0.2) is 55.4 Å². The molecule has 0 bridgehead atoms. The second kappa shape index (κ2) is 6.55. The lowest BCUT2D eigenvalue weighted by Crippen LogP contribution is -2.38. The molecule has 3 heterocycles. The number of fused-ring (bicyclic) bond motifs is 1. The van der Waals surface area contributed by atoms with E-state index in [0.717, 1.165) is 30.9 Å². The Balaban J connectivity index is 1.40. The molecule has 0 spiro atoms. The van der Waals surface area contributed by atoms with Gasteiger partial charge in [-0.15, -0.1) is 0 Å². The predicted octanol–water partition coefficient (Wildman–Crippen LogP) is 1.10. The molecule has 6 nitrogen and oxygen atoms in total. The molecule has 6 heteroatoms. The van der Waals surface area contributed by atoms with Gasteiger partial charge in [0.05, 0.1) is 12.2 Å². The van der Waals surface area contributed by atoms with Gasteiger partial charge in [-0.1, -0.05) is 6.07 Å². The quantitative estimate of drug-likeness (QED) is 0.879. The van der Waals surface area contributed by atoms with E-state index in [1.165, 1.54) is 0 Å². The van der Waals surface area contributed by atoms with Crippen LogP contribution in [0.15, 0.2) is 36.8 Å². The molecule has 0 aromatic carbocycles. The summed E-state index contributed by atoms with van der Waals surface area (Å²) in [5, 5.41) is 19.7. The van der Waals surface area contributed by atoms with Gasteiger partial charge in [-0.3, -0.25) is 9.88 Å². The second-order valence-electron chi connectivity index (χ2n) is 6.95. The highest BCUT2D eigenvalue weighted by atomic mass is 16.3. The summed E-state index contributed by atoms with van der Waals surface area (Å²) in [5.74, 6) is 1.61. The van der Waals surface area contributed by atoms with Crippen LogP contribution in [0.3, 0.4) is 0 Å². The zero-order chi connectivity index (χ0) is 16.5. The molecule has 4 rings (SSSR count). The van der Waals surface area contributed by atoms with Crippen molar-refractivity contribution >= 4 is 0 Å². The van der Waals surface area contributed by atoms with Crippen molar-refractivity contribution in [2.45, 2.75) is 31.6 Å². The van der Waals surface area contributed by atoms with Crippen molar-refractivity contribution in [3.8, 4) is 11.5 Å². The highest BCUT2D eigenvalue weighted by molar-refractivity contribution is 5.47. The smallest absolute Gasteiger partial charge is 0.178 e. The lowest BCUT2D eigenvalue weighted by atomic mass is 9.79. The summed E-state index contributed by atoms with van der Waals surface area (Å²) >= 11 is 0. The monoisotopic (exact) mass is 326 g/mol. The summed E-state index contributed by atoms with van der Waals surface area (Å²) in [4.78, 5) is 15.5. The molecule has 0 unspecified atom stereocenters. The van der Waals surface area contributed by atoms with Gasteiger partial charge in [-0.05, 0) is 36.8 Å². The molecule has 0 amide bonds. The Morgan fingerprint density at radius 1 is 0.958 bits per heavy atom. The first-order valence-corrected chi connectivity index (χ1v) is 8.50. The molecule has 2 fully saturated rings. The van der Waals surface area contributed by atoms with Crippen LogP contribution >= 0.6 is 0 Å². The molecule has 1 aliphatic carbocycles. The lowest BCUT2D eigenvalue weighted by molar-refractivity contribution is -0.0372. The van der Waals surface area contributed by atoms with Gasteiger partial charge in [-0.2, -0.15) is 0 Å². The van der Waals surface area contributed by atoms with E-state index in [9.17, 15) is 10.2 Å². The van der Waals surface area contributed by atoms with Crippen LogP contribution in [0.1, 0.15) is 18.4 Å². The Kier molecular flexibility index (Phi) is 4.26. The molecule has 1 saturated heterocycles. The number of hydrogen-bond acceptors (Lipinski definition) is 6. The number of hydrogen-bond donors (Lipinski definition) is 2. The Bertz CT molecular complexity index is 661. The zero-order valence-electron chi connectivity index (χ0n) is 13.5. The third-order valence-corrected chi connectivity index (χ3v) is 5.19. The summed E-state index contributed by atoms with van der Waals surface area (Å²) < 4.78 is 0. The second-order valence-corrected chi connectivity index (χ2v) is 6.95. The number of nitrogens with zero attached hydrogens (tertiary/aromatic N) is 4. The topological polar surface area (TPSA) is 82.4 Å². The number of rotatable bonds is 3. The number of likely N-dealkylation sites (tertiary alicyclic amines) is 1. The summed E-state index contributed by atoms with van der Waals surface area (Å²) in [6.45, 7) is 2.74. The van der Waals surface area contributed by atoms with Crippen molar-refractivity contribution in [2.75, 3.05) is 13.1 Å². The fourth-order valence-electron chi connectivity index (χ4n) is 3.96. The van der Waals surface area contributed by atoms with Crippen molar-refractivity contribution in [1.82, 2.24) is 19.9 Å². The maximum absolute atomic E-state index is 9.85. The lowest BCUT2D eigenvalue weighted by Gasteiger charge is -2.32. The molecule has 24 heavy (non-hydrogen) atoms. The minimum atomic E-state index is -0.563. The Hall–Kier alpha value is -1.89. The van der Waals surface area contributed by atoms with Crippen molar-refractivity contribution in [3.05, 3.63) is 42.4 Å². The third-order valence-electron chi connectivity index (χ3n) is 5.19. The van der Waals surface area contributed by atoms with Crippen LogP contribution < -0.4 is 0 Å². The summed E-state index contributed by atoms with van der Waals surface area (Å²) in [7, 11) is 0. The molecular formula is C18H22N4O2. The number of aliphatic hydroxyl groups excluding tert-OH is 2. The van der Waals surface area contributed by atoms with E-state index in [4.69, 9.17) is 0 Å². The molecule has 4 atom stereocenters. The molecular weight excluding hydrogens is 304 g/mol. The Labute approximate surface area is 141 Å². The average Bonchev–Trinajstić information content (AvgIpc) is 2.98. The van der Waals surface area contributed by atoms with E-state index < -0.39 is 12.2 Å². The van der Waals surface area contributed by atoms with E-state index in [-0.39, 0.29) is 0 Å². The molecule has 1 aliphatic heterocycles. The highest BCUT2D eigenvalue weighted by Gasteiger charge is 2.40. The van der Waals surface area contributed by atoms with Gasteiger partial charge in [0, 0.05) is 43.8 Å². The SMILES string of the molecule is O[C@H]1C[C@@H]2CN(Cc3cnc(-c4ccccn4)nc3)C[C@@H]2C[C@@H]1O. The van der Waals surface area contributed by atoms with Crippen molar-refractivity contribution in [2.24, 2.45) is 11.8 Å². The van der Waals surface area contributed by atoms with Crippen LogP contribution in [0.2, 0.25) is 0 Å². The molecule has 2 aromatic rings. The fraction of sp³-hybridized carbons (Fsp3) is 0.500. The summed E-state index contributed by atoms with van der Waals surface area (Å²) in [6.07, 6.45) is 5.75. The molecule has 1 saturated carbocycles. The van der Waals surface area contributed by atoms with Crippen molar-refractivity contribution < 1.29 is 10.2 Å². The predicted molar refractivity (Wildman–Crippen MR) is 88.8 cm³/mol. The third kappa shape index (κ3) is 3.17. The van der Waals surface area contributed by atoms with Gasteiger partial charge in [0.15, 0.2) is 5.82 Å². The van der Waals surface area contributed by atoms with Crippen molar-refractivity contribution in [3.63, 3.8) is 0 Å². The molecule has 2 aliphatic rings. The van der Waals surface area contributed by atoms with Crippen LogP contribution in [-0.2, 0) is 6.54 Å². The normalized spacial score (nSPS) is 30.2. The van der Waals surface area contributed by atoms with E-state index in [1.54, 1.807) is 6.20 Å². The van der Waals surface area contributed by atoms with E-state index >= 15 is 0 Å². The van der Waals surface area contributed by atoms with Crippen LogP contribution in [0.5, 0.6) is 0 Å².